The molecule has 0 radical (unpaired) electrons. The molecule has 1 amide bonds. The Labute approximate surface area is 149 Å². The molecule has 0 aromatic heterocycles. The second-order valence-electron chi connectivity index (χ2n) is 5.31. The number of carbonyl (C=O) groups excluding carboxylic acids is 1. The Morgan fingerprint density at radius 3 is 2.48 bits per heavy atom. The van der Waals surface area contributed by atoms with Crippen molar-refractivity contribution in [1.29, 1.82) is 0 Å². The fraction of sp³-hybridized carbons (Fsp3) is 0.188. The molecule has 0 unspecified atom stereocenters. The highest BCUT2D eigenvalue weighted by Crippen LogP contribution is 2.23. The zero-order valence-electron chi connectivity index (χ0n) is 13.2. The number of sulfonamides is 1. The number of hydrogen-bond donors (Lipinski definition) is 3. The zero-order chi connectivity index (χ0) is 18.6. The zero-order valence-corrected chi connectivity index (χ0v) is 14.7. The first-order valence-corrected chi connectivity index (χ1v) is 9.08. The highest BCUT2D eigenvalue weighted by atomic mass is 35.5. The number of hydrogen-bond acceptors (Lipinski definition) is 4. The van der Waals surface area contributed by atoms with Crippen molar-refractivity contribution in [3.8, 4) is 0 Å². The van der Waals surface area contributed by atoms with Gasteiger partial charge in [-0.3, -0.25) is 9.52 Å². The van der Waals surface area contributed by atoms with Crippen LogP contribution in [0.5, 0.6) is 0 Å². The van der Waals surface area contributed by atoms with E-state index in [1.54, 1.807) is 6.92 Å². The Morgan fingerprint density at radius 1 is 1.24 bits per heavy atom. The number of nitrogens with one attached hydrogen (secondary N) is 2. The van der Waals surface area contributed by atoms with Gasteiger partial charge in [0.25, 0.3) is 15.9 Å². The van der Waals surface area contributed by atoms with Crippen molar-refractivity contribution in [2.75, 3.05) is 11.3 Å². The molecule has 0 fully saturated rings. The minimum atomic E-state index is -3.99. The topological polar surface area (TPSA) is 95.5 Å². The fourth-order valence-electron chi connectivity index (χ4n) is 1.92. The predicted molar refractivity (Wildman–Crippen MR) is 92.7 cm³/mol. The van der Waals surface area contributed by atoms with Gasteiger partial charge in [-0.05, 0) is 49.4 Å². The minimum absolute atomic E-state index is 0.0380. The summed E-state index contributed by atoms with van der Waals surface area (Å²) in [6.45, 7) is 1.32. The number of aliphatic hydroxyl groups excluding tert-OH is 1. The number of amides is 1. The number of anilines is 1. The number of halogens is 2. The van der Waals surface area contributed by atoms with Crippen LogP contribution in [0, 0.1) is 5.82 Å². The van der Waals surface area contributed by atoms with E-state index >= 15 is 0 Å². The molecule has 0 spiro atoms. The van der Waals surface area contributed by atoms with Crippen molar-refractivity contribution < 1.29 is 22.7 Å². The van der Waals surface area contributed by atoms with Gasteiger partial charge in [0.1, 0.15) is 5.82 Å². The second kappa shape index (κ2) is 7.81. The minimum Gasteiger partial charge on any atom is -0.394 e. The summed E-state index contributed by atoms with van der Waals surface area (Å²) in [6.07, 6.45) is 0. The van der Waals surface area contributed by atoms with Crippen LogP contribution in [0.4, 0.5) is 10.1 Å². The van der Waals surface area contributed by atoms with E-state index in [2.05, 4.69) is 10.0 Å². The van der Waals surface area contributed by atoms with Crippen molar-refractivity contribution in [2.45, 2.75) is 17.9 Å². The van der Waals surface area contributed by atoms with Crippen LogP contribution in [0.1, 0.15) is 17.3 Å². The molecule has 0 bridgehead atoms. The van der Waals surface area contributed by atoms with Crippen LogP contribution in [0.3, 0.4) is 0 Å². The van der Waals surface area contributed by atoms with Gasteiger partial charge < -0.3 is 10.4 Å². The summed E-state index contributed by atoms with van der Waals surface area (Å²) in [4.78, 5) is 12.0. The van der Waals surface area contributed by atoms with E-state index in [1.165, 1.54) is 24.3 Å². The lowest BCUT2D eigenvalue weighted by Crippen LogP contribution is -2.35. The standard InChI is InChI=1S/C16H16ClFN2O4S/c1-10(9-21)19-16(22)14-8-13(6-7-15(14)17)25(23,24)20-12-4-2-11(18)3-5-12/h2-8,10,20-21H,9H2,1H3,(H,19,22)/t10-/m0/s1. The molecule has 0 heterocycles. The van der Waals surface area contributed by atoms with Crippen LogP contribution in [0.15, 0.2) is 47.4 Å². The first-order chi connectivity index (χ1) is 11.7. The molecule has 25 heavy (non-hydrogen) atoms. The molecule has 134 valence electrons. The van der Waals surface area contributed by atoms with Gasteiger partial charge in [-0.2, -0.15) is 0 Å². The van der Waals surface area contributed by atoms with E-state index in [4.69, 9.17) is 16.7 Å². The lowest BCUT2D eigenvalue weighted by atomic mass is 10.2. The predicted octanol–water partition coefficient (Wildman–Crippen LogP) is 2.39. The van der Waals surface area contributed by atoms with Gasteiger partial charge in [-0.25, -0.2) is 12.8 Å². The first-order valence-electron chi connectivity index (χ1n) is 7.22. The number of rotatable bonds is 6. The molecule has 3 N–H and O–H groups in total. The second-order valence-corrected chi connectivity index (χ2v) is 7.40. The molecule has 2 rings (SSSR count). The van der Waals surface area contributed by atoms with Crippen LogP contribution in [-0.2, 0) is 10.0 Å². The van der Waals surface area contributed by atoms with E-state index in [1.807, 2.05) is 0 Å². The SMILES string of the molecule is C[C@@H](CO)NC(=O)c1cc(S(=O)(=O)Nc2ccc(F)cc2)ccc1Cl. The van der Waals surface area contributed by atoms with Gasteiger partial charge in [-0.15, -0.1) is 0 Å². The molecular formula is C16H16ClFN2O4S. The van der Waals surface area contributed by atoms with E-state index in [0.29, 0.717) is 0 Å². The largest absolute Gasteiger partial charge is 0.394 e. The average molecular weight is 387 g/mol. The van der Waals surface area contributed by atoms with Crippen LogP contribution >= 0.6 is 11.6 Å². The Hall–Kier alpha value is -2.16. The molecule has 0 saturated carbocycles. The number of benzene rings is 2. The van der Waals surface area contributed by atoms with Crippen molar-refractivity contribution in [3.05, 3.63) is 58.9 Å². The number of aliphatic hydroxyl groups is 1. The molecule has 0 aliphatic heterocycles. The van der Waals surface area contributed by atoms with Crippen molar-refractivity contribution >= 4 is 33.2 Å². The molecule has 1 atom stereocenters. The maximum absolute atomic E-state index is 12.9. The Balaban J connectivity index is 2.30. The average Bonchev–Trinajstić information content (AvgIpc) is 2.56. The Morgan fingerprint density at radius 2 is 1.88 bits per heavy atom. The Kier molecular flexibility index (Phi) is 5.99. The van der Waals surface area contributed by atoms with Crippen LogP contribution < -0.4 is 10.0 Å². The van der Waals surface area contributed by atoms with Crippen LogP contribution in [0.2, 0.25) is 5.02 Å². The van der Waals surface area contributed by atoms with E-state index in [0.717, 1.165) is 18.2 Å². The van der Waals surface area contributed by atoms with E-state index in [9.17, 15) is 17.6 Å². The normalized spacial score (nSPS) is 12.5. The lowest BCUT2D eigenvalue weighted by Gasteiger charge is -2.13. The summed E-state index contributed by atoms with van der Waals surface area (Å²) >= 11 is 5.97. The van der Waals surface area contributed by atoms with E-state index < -0.39 is 27.8 Å². The van der Waals surface area contributed by atoms with Crippen molar-refractivity contribution in [3.63, 3.8) is 0 Å². The Bertz CT molecular complexity index is 872. The molecule has 2 aromatic carbocycles. The van der Waals surface area contributed by atoms with Gasteiger partial charge in [0.05, 0.1) is 22.1 Å². The fourth-order valence-corrected chi connectivity index (χ4v) is 3.21. The summed E-state index contributed by atoms with van der Waals surface area (Å²) < 4.78 is 40.1. The van der Waals surface area contributed by atoms with Crippen molar-refractivity contribution in [2.24, 2.45) is 0 Å². The summed E-state index contributed by atoms with van der Waals surface area (Å²) in [5, 5.41) is 11.6. The summed E-state index contributed by atoms with van der Waals surface area (Å²) in [6, 6.07) is 7.96. The van der Waals surface area contributed by atoms with E-state index in [-0.39, 0.29) is 27.8 Å². The highest BCUT2D eigenvalue weighted by molar-refractivity contribution is 7.92. The van der Waals surface area contributed by atoms with Crippen molar-refractivity contribution in [1.82, 2.24) is 5.32 Å². The molecule has 0 aliphatic carbocycles. The first kappa shape index (κ1) is 19.2. The van der Waals surface area contributed by atoms with Crippen LogP contribution in [-0.4, -0.2) is 32.1 Å². The molecular weight excluding hydrogens is 371 g/mol. The molecule has 6 nitrogen and oxygen atoms in total. The smallest absolute Gasteiger partial charge is 0.261 e. The van der Waals surface area contributed by atoms with Gasteiger partial charge >= 0.3 is 0 Å². The maximum Gasteiger partial charge on any atom is 0.261 e. The third kappa shape index (κ3) is 4.91. The number of carbonyl (C=O) groups is 1. The summed E-state index contributed by atoms with van der Waals surface area (Å²) in [5.41, 5.74) is 0.139. The quantitative estimate of drug-likeness (QED) is 0.710. The van der Waals surface area contributed by atoms with Gasteiger partial charge in [0.2, 0.25) is 0 Å². The van der Waals surface area contributed by atoms with Gasteiger partial charge in [-0.1, -0.05) is 11.6 Å². The lowest BCUT2D eigenvalue weighted by molar-refractivity contribution is 0.0922. The molecule has 2 aromatic rings. The van der Waals surface area contributed by atoms with Crippen LogP contribution in [0.25, 0.3) is 0 Å². The highest BCUT2D eigenvalue weighted by Gasteiger charge is 2.19. The molecule has 0 saturated heterocycles. The molecule has 0 aliphatic rings. The maximum atomic E-state index is 12.9. The summed E-state index contributed by atoms with van der Waals surface area (Å²) in [7, 11) is -3.99. The van der Waals surface area contributed by atoms with Gasteiger partial charge in [0.15, 0.2) is 0 Å². The summed E-state index contributed by atoms with van der Waals surface area (Å²) in [5.74, 6) is -1.10. The monoisotopic (exact) mass is 386 g/mol. The molecule has 9 heteroatoms. The van der Waals surface area contributed by atoms with Gasteiger partial charge in [0, 0.05) is 11.7 Å². The third-order valence-electron chi connectivity index (χ3n) is 3.24. The third-order valence-corrected chi connectivity index (χ3v) is 4.95.